The summed E-state index contributed by atoms with van der Waals surface area (Å²) in [5.41, 5.74) is -1.67. The first kappa shape index (κ1) is 15.3. The summed E-state index contributed by atoms with van der Waals surface area (Å²) in [6, 6.07) is 1.14. The van der Waals surface area contributed by atoms with Gasteiger partial charge >= 0.3 is 5.69 Å². The molecule has 1 aliphatic heterocycles. The highest BCUT2D eigenvalue weighted by atomic mass is 19.1. The SMILES string of the molecule is CCC1CN(C(=O)c2cc(F)cc([N+](=O)[O-])c2F)CCO1. The van der Waals surface area contributed by atoms with Crippen LogP contribution in [-0.4, -0.2) is 41.5 Å². The van der Waals surface area contributed by atoms with E-state index in [0.717, 1.165) is 0 Å². The van der Waals surface area contributed by atoms with Crippen LogP contribution in [0.5, 0.6) is 0 Å². The van der Waals surface area contributed by atoms with Gasteiger partial charge in [-0.2, -0.15) is 4.39 Å². The van der Waals surface area contributed by atoms with Crippen molar-refractivity contribution in [2.24, 2.45) is 0 Å². The Balaban J connectivity index is 2.33. The van der Waals surface area contributed by atoms with Crippen LogP contribution in [0.25, 0.3) is 0 Å². The van der Waals surface area contributed by atoms with E-state index in [9.17, 15) is 23.7 Å². The van der Waals surface area contributed by atoms with Crippen LogP contribution in [0.4, 0.5) is 14.5 Å². The first-order valence-electron chi connectivity index (χ1n) is 6.48. The molecule has 21 heavy (non-hydrogen) atoms. The highest BCUT2D eigenvalue weighted by molar-refractivity contribution is 5.95. The van der Waals surface area contributed by atoms with Crippen molar-refractivity contribution in [3.8, 4) is 0 Å². The lowest BCUT2D eigenvalue weighted by molar-refractivity contribution is -0.387. The fraction of sp³-hybridized carbons (Fsp3) is 0.462. The van der Waals surface area contributed by atoms with Crippen molar-refractivity contribution < 1.29 is 23.2 Å². The second-order valence-corrected chi connectivity index (χ2v) is 4.70. The minimum absolute atomic E-state index is 0.172. The van der Waals surface area contributed by atoms with Crippen LogP contribution in [0.3, 0.4) is 0 Å². The van der Waals surface area contributed by atoms with Gasteiger partial charge in [0.2, 0.25) is 5.82 Å². The molecule has 8 heteroatoms. The van der Waals surface area contributed by atoms with Gasteiger partial charge in [-0.25, -0.2) is 4.39 Å². The molecule has 1 aliphatic rings. The number of morpholine rings is 1. The highest BCUT2D eigenvalue weighted by Gasteiger charge is 2.30. The molecule has 1 amide bonds. The van der Waals surface area contributed by atoms with Gasteiger partial charge in [0.25, 0.3) is 5.91 Å². The van der Waals surface area contributed by atoms with Gasteiger partial charge in [0.05, 0.1) is 29.3 Å². The van der Waals surface area contributed by atoms with Crippen molar-refractivity contribution in [3.63, 3.8) is 0 Å². The lowest BCUT2D eigenvalue weighted by Gasteiger charge is -2.32. The first-order chi connectivity index (χ1) is 9.93. The number of hydrogen-bond acceptors (Lipinski definition) is 4. The summed E-state index contributed by atoms with van der Waals surface area (Å²) >= 11 is 0. The minimum atomic E-state index is -1.31. The van der Waals surface area contributed by atoms with E-state index in [1.54, 1.807) is 0 Å². The van der Waals surface area contributed by atoms with E-state index in [4.69, 9.17) is 4.74 Å². The summed E-state index contributed by atoms with van der Waals surface area (Å²) in [6.07, 6.45) is 0.504. The van der Waals surface area contributed by atoms with Gasteiger partial charge in [0, 0.05) is 13.1 Å². The van der Waals surface area contributed by atoms with Crippen LogP contribution in [-0.2, 0) is 4.74 Å². The Bertz CT molecular complexity index is 580. The fourth-order valence-corrected chi connectivity index (χ4v) is 2.18. The molecule has 0 saturated carbocycles. The molecule has 0 spiro atoms. The maximum atomic E-state index is 14.0. The summed E-state index contributed by atoms with van der Waals surface area (Å²) < 4.78 is 32.8. The number of hydrogen-bond donors (Lipinski definition) is 0. The summed E-state index contributed by atoms with van der Waals surface area (Å²) in [4.78, 5) is 23.2. The van der Waals surface area contributed by atoms with Crippen molar-refractivity contribution in [1.29, 1.82) is 0 Å². The van der Waals surface area contributed by atoms with Gasteiger partial charge < -0.3 is 9.64 Å². The molecule has 114 valence electrons. The summed E-state index contributed by atoms with van der Waals surface area (Å²) in [7, 11) is 0. The molecule has 0 aliphatic carbocycles. The van der Waals surface area contributed by atoms with Crippen LogP contribution in [0.2, 0.25) is 0 Å². The zero-order chi connectivity index (χ0) is 15.6. The quantitative estimate of drug-likeness (QED) is 0.633. The van der Waals surface area contributed by atoms with E-state index in [1.165, 1.54) is 4.90 Å². The predicted molar refractivity (Wildman–Crippen MR) is 68.9 cm³/mol. The van der Waals surface area contributed by atoms with Crippen molar-refractivity contribution in [2.75, 3.05) is 19.7 Å². The molecule has 1 heterocycles. The Morgan fingerprint density at radius 3 is 2.86 bits per heavy atom. The molecular formula is C13H14F2N2O4. The molecule has 1 saturated heterocycles. The Labute approximate surface area is 119 Å². The molecule has 6 nitrogen and oxygen atoms in total. The topological polar surface area (TPSA) is 72.7 Å². The first-order valence-corrected chi connectivity index (χ1v) is 6.48. The normalized spacial score (nSPS) is 18.6. The number of nitro groups is 1. The van der Waals surface area contributed by atoms with E-state index in [2.05, 4.69) is 0 Å². The zero-order valence-corrected chi connectivity index (χ0v) is 11.3. The van der Waals surface area contributed by atoms with E-state index in [0.29, 0.717) is 25.2 Å². The van der Waals surface area contributed by atoms with Gasteiger partial charge in [-0.05, 0) is 12.5 Å². The second-order valence-electron chi connectivity index (χ2n) is 4.70. The van der Waals surface area contributed by atoms with E-state index < -0.39 is 33.7 Å². The van der Waals surface area contributed by atoms with E-state index >= 15 is 0 Å². The predicted octanol–water partition coefficient (Wildman–Crippen LogP) is 2.12. The molecule has 0 aromatic heterocycles. The van der Waals surface area contributed by atoms with Crippen LogP contribution in [0, 0.1) is 21.7 Å². The average Bonchev–Trinajstić information content (AvgIpc) is 2.48. The number of carbonyl (C=O) groups excluding carboxylic acids is 1. The molecule has 1 fully saturated rings. The molecule has 0 radical (unpaired) electrons. The molecule has 0 bridgehead atoms. The third-order valence-corrected chi connectivity index (χ3v) is 3.33. The molecule has 1 unspecified atom stereocenters. The number of rotatable bonds is 3. The van der Waals surface area contributed by atoms with Gasteiger partial charge in [0.15, 0.2) is 0 Å². The lowest BCUT2D eigenvalue weighted by atomic mass is 10.1. The van der Waals surface area contributed by atoms with Gasteiger partial charge in [0.1, 0.15) is 5.82 Å². The highest BCUT2D eigenvalue weighted by Crippen LogP contribution is 2.24. The van der Waals surface area contributed by atoms with Gasteiger partial charge in [-0.15, -0.1) is 0 Å². The summed E-state index contributed by atoms with van der Waals surface area (Å²) in [5.74, 6) is -3.10. The number of carbonyl (C=O) groups is 1. The number of amides is 1. The van der Waals surface area contributed by atoms with Crippen molar-refractivity contribution in [2.45, 2.75) is 19.4 Å². The standard InChI is InChI=1S/C13H14F2N2O4/c1-2-9-7-16(3-4-21-9)13(18)10-5-8(14)6-11(12(10)15)17(19)20/h5-6,9H,2-4,7H2,1H3. The number of nitro benzene ring substituents is 1. The zero-order valence-electron chi connectivity index (χ0n) is 11.3. The number of benzene rings is 1. The monoisotopic (exact) mass is 300 g/mol. The van der Waals surface area contributed by atoms with Crippen molar-refractivity contribution in [1.82, 2.24) is 4.90 Å². The van der Waals surface area contributed by atoms with Crippen LogP contribution in [0.15, 0.2) is 12.1 Å². The van der Waals surface area contributed by atoms with Gasteiger partial charge in [-0.1, -0.05) is 6.92 Å². The van der Waals surface area contributed by atoms with Gasteiger partial charge in [-0.3, -0.25) is 14.9 Å². The average molecular weight is 300 g/mol. The van der Waals surface area contributed by atoms with E-state index in [-0.39, 0.29) is 19.2 Å². The maximum Gasteiger partial charge on any atom is 0.308 e. The fourth-order valence-electron chi connectivity index (χ4n) is 2.18. The van der Waals surface area contributed by atoms with Crippen molar-refractivity contribution in [3.05, 3.63) is 39.4 Å². The Morgan fingerprint density at radius 2 is 2.24 bits per heavy atom. The number of ether oxygens (including phenoxy) is 1. The smallest absolute Gasteiger partial charge is 0.308 e. The molecule has 2 rings (SSSR count). The summed E-state index contributed by atoms with van der Waals surface area (Å²) in [6.45, 7) is 2.66. The lowest BCUT2D eigenvalue weighted by Crippen LogP contribution is -2.45. The van der Waals surface area contributed by atoms with Crippen LogP contribution >= 0.6 is 0 Å². The summed E-state index contributed by atoms with van der Waals surface area (Å²) in [5, 5.41) is 10.7. The van der Waals surface area contributed by atoms with E-state index in [1.807, 2.05) is 6.92 Å². The third-order valence-electron chi connectivity index (χ3n) is 3.33. The van der Waals surface area contributed by atoms with Crippen LogP contribution < -0.4 is 0 Å². The van der Waals surface area contributed by atoms with Crippen LogP contribution in [0.1, 0.15) is 23.7 Å². The van der Waals surface area contributed by atoms with Crippen molar-refractivity contribution >= 4 is 11.6 Å². The third kappa shape index (κ3) is 3.15. The molecular weight excluding hydrogens is 286 g/mol. The molecule has 1 atom stereocenters. The number of halogens is 2. The Morgan fingerprint density at radius 1 is 1.52 bits per heavy atom. The maximum absolute atomic E-state index is 14.0. The molecule has 1 aromatic carbocycles. The number of nitrogens with zero attached hydrogens (tertiary/aromatic N) is 2. The Kier molecular flexibility index (Phi) is 4.46. The Hall–Kier alpha value is -2.09. The molecule has 1 aromatic rings. The minimum Gasteiger partial charge on any atom is -0.375 e. The second kappa shape index (κ2) is 6.13. The largest absolute Gasteiger partial charge is 0.375 e. The molecule has 0 N–H and O–H groups in total.